The Morgan fingerprint density at radius 2 is 1.77 bits per heavy atom. The summed E-state index contributed by atoms with van der Waals surface area (Å²) in [7, 11) is 0. The van der Waals surface area contributed by atoms with Crippen LogP contribution in [0.25, 0.3) is 0 Å². The lowest BCUT2D eigenvalue weighted by Gasteiger charge is -2.39. The van der Waals surface area contributed by atoms with E-state index < -0.39 is 23.8 Å². The van der Waals surface area contributed by atoms with E-state index in [0.29, 0.717) is 48.2 Å². The first-order valence-corrected chi connectivity index (χ1v) is 16.6. The van der Waals surface area contributed by atoms with Gasteiger partial charge in [0.05, 0.1) is 36.4 Å². The number of hydrogen-bond donors (Lipinski definition) is 1. The van der Waals surface area contributed by atoms with Crippen molar-refractivity contribution in [1.82, 2.24) is 20.0 Å². The van der Waals surface area contributed by atoms with Crippen molar-refractivity contribution in [1.29, 1.82) is 0 Å². The minimum absolute atomic E-state index is 0.0111. The number of nitrogens with one attached hydrogen (secondary N) is 1. The van der Waals surface area contributed by atoms with Crippen molar-refractivity contribution in [3.8, 4) is 5.75 Å². The summed E-state index contributed by atoms with van der Waals surface area (Å²) in [6, 6.07) is 9.32. The number of aliphatic imine (C=N–C) groups is 1. The SMILES string of the molecule is CCOc1cc(C(F)(F)F)ccc1C1=NC(C2C=CC(Cl)=CC2)C(c2ccc(Cl)cc2)N1C(=O)N1CCN(CC(=O)NC2CC2)CC1. The Labute approximate surface area is 281 Å². The van der Waals surface area contributed by atoms with E-state index >= 15 is 0 Å². The normalized spacial score (nSPS) is 23.4. The van der Waals surface area contributed by atoms with E-state index in [4.69, 9.17) is 32.9 Å². The quantitative estimate of drug-likeness (QED) is 0.337. The lowest BCUT2D eigenvalue weighted by Crippen LogP contribution is -2.55. The second kappa shape index (κ2) is 13.9. The maximum atomic E-state index is 14.7. The Kier molecular flexibility index (Phi) is 9.87. The van der Waals surface area contributed by atoms with Crippen molar-refractivity contribution < 1.29 is 27.5 Å². The van der Waals surface area contributed by atoms with Gasteiger partial charge in [0.1, 0.15) is 11.6 Å². The molecule has 13 heteroatoms. The second-order valence-corrected chi connectivity index (χ2v) is 13.1. The van der Waals surface area contributed by atoms with Gasteiger partial charge in [-0.1, -0.05) is 47.5 Å². The van der Waals surface area contributed by atoms with Crippen LogP contribution in [-0.2, 0) is 11.0 Å². The van der Waals surface area contributed by atoms with E-state index in [0.717, 1.165) is 30.5 Å². The molecule has 1 N–H and O–H groups in total. The molecule has 0 bridgehead atoms. The highest BCUT2D eigenvalue weighted by Gasteiger charge is 2.47. The number of nitrogens with zero attached hydrogens (tertiary/aromatic N) is 4. The van der Waals surface area contributed by atoms with Gasteiger partial charge in [0, 0.05) is 48.2 Å². The van der Waals surface area contributed by atoms with Gasteiger partial charge in [-0.3, -0.25) is 19.6 Å². The predicted molar refractivity (Wildman–Crippen MR) is 175 cm³/mol. The first kappa shape index (κ1) is 33.4. The maximum absolute atomic E-state index is 14.7. The van der Waals surface area contributed by atoms with Gasteiger partial charge in [-0.05, 0) is 68.2 Å². The molecule has 3 amide bonds. The van der Waals surface area contributed by atoms with E-state index in [-0.39, 0.29) is 48.6 Å². The smallest absolute Gasteiger partial charge is 0.416 e. The number of alkyl halides is 3. The molecule has 2 aromatic carbocycles. The molecule has 1 saturated heterocycles. The number of carbonyl (C=O) groups excluding carboxylic acids is 2. The molecule has 2 aliphatic heterocycles. The number of piperazine rings is 1. The fourth-order valence-electron chi connectivity index (χ4n) is 6.28. The Hall–Kier alpha value is -3.54. The highest BCUT2D eigenvalue weighted by Crippen LogP contribution is 2.43. The van der Waals surface area contributed by atoms with Gasteiger partial charge in [0.25, 0.3) is 0 Å². The largest absolute Gasteiger partial charge is 0.493 e. The van der Waals surface area contributed by atoms with Crippen molar-refractivity contribution in [2.24, 2.45) is 10.9 Å². The van der Waals surface area contributed by atoms with Crippen LogP contribution in [0.15, 0.2) is 70.7 Å². The number of hydrogen-bond acceptors (Lipinski definition) is 5. The Morgan fingerprint density at radius 3 is 2.38 bits per heavy atom. The first-order valence-electron chi connectivity index (χ1n) is 15.8. The zero-order valence-electron chi connectivity index (χ0n) is 25.9. The maximum Gasteiger partial charge on any atom is 0.416 e. The van der Waals surface area contributed by atoms with Crippen LogP contribution in [-0.4, -0.2) is 83.9 Å². The third-order valence-corrected chi connectivity index (χ3v) is 9.38. The van der Waals surface area contributed by atoms with Crippen molar-refractivity contribution in [2.45, 2.75) is 50.5 Å². The fourth-order valence-corrected chi connectivity index (χ4v) is 6.57. The minimum atomic E-state index is -4.58. The number of rotatable bonds is 8. The molecule has 8 nitrogen and oxygen atoms in total. The van der Waals surface area contributed by atoms with Gasteiger partial charge < -0.3 is 15.0 Å². The summed E-state index contributed by atoms with van der Waals surface area (Å²) in [5, 5.41) is 4.13. The Bertz CT molecular complexity index is 1580. The predicted octanol–water partition coefficient (Wildman–Crippen LogP) is 6.64. The van der Waals surface area contributed by atoms with Gasteiger partial charge in [-0.2, -0.15) is 13.2 Å². The highest BCUT2D eigenvalue weighted by molar-refractivity contribution is 6.31. The molecule has 2 aromatic rings. The molecule has 6 rings (SSSR count). The molecule has 3 unspecified atom stereocenters. The van der Waals surface area contributed by atoms with E-state index in [1.807, 2.05) is 29.2 Å². The standard InChI is InChI=1S/C34H36Cl2F3N5O3/c1-2-47-28-19-23(34(37,38)39)7-14-27(28)32-41-30(21-3-8-24(35)9-4-21)31(22-5-10-25(36)11-6-22)44(32)33(46)43-17-15-42(16-18-43)20-29(45)40-26-12-13-26/h3,5-11,14,19,21,26,30-31H,2,4,12-13,15-18,20H2,1H3,(H,40,45). The highest BCUT2D eigenvalue weighted by atomic mass is 35.5. The van der Waals surface area contributed by atoms with Crippen LogP contribution >= 0.6 is 23.2 Å². The summed E-state index contributed by atoms with van der Waals surface area (Å²) >= 11 is 12.5. The topological polar surface area (TPSA) is 77.5 Å². The van der Waals surface area contributed by atoms with Crippen LogP contribution in [0, 0.1) is 5.92 Å². The molecule has 0 aromatic heterocycles. The van der Waals surface area contributed by atoms with Crippen molar-refractivity contribution in [2.75, 3.05) is 39.3 Å². The number of amidine groups is 1. The third-order valence-electron chi connectivity index (χ3n) is 8.85. The molecule has 3 atom stereocenters. The summed E-state index contributed by atoms with van der Waals surface area (Å²) < 4.78 is 47.1. The van der Waals surface area contributed by atoms with E-state index in [9.17, 15) is 22.8 Å². The molecule has 1 saturated carbocycles. The molecular weight excluding hydrogens is 654 g/mol. The molecule has 47 heavy (non-hydrogen) atoms. The van der Waals surface area contributed by atoms with Crippen molar-refractivity contribution >= 4 is 41.0 Å². The average molecular weight is 691 g/mol. The summed E-state index contributed by atoms with van der Waals surface area (Å²) in [5.41, 5.74) is 0.211. The molecule has 2 fully saturated rings. The summed E-state index contributed by atoms with van der Waals surface area (Å²) in [5.74, 6) is 0.0468. The number of amides is 3. The third kappa shape index (κ3) is 7.63. The molecular formula is C34H36Cl2F3N5O3. The van der Waals surface area contributed by atoms with Crippen LogP contribution in [0.5, 0.6) is 5.75 Å². The zero-order valence-corrected chi connectivity index (χ0v) is 27.4. The van der Waals surface area contributed by atoms with Crippen LogP contribution in [0.1, 0.15) is 48.9 Å². The van der Waals surface area contributed by atoms with Crippen LogP contribution in [0.3, 0.4) is 0 Å². The average Bonchev–Trinajstić information content (AvgIpc) is 3.77. The zero-order chi connectivity index (χ0) is 33.3. The van der Waals surface area contributed by atoms with Gasteiger partial charge in [0.15, 0.2) is 0 Å². The number of allylic oxidation sites excluding steroid dienone is 3. The molecule has 2 heterocycles. The lowest BCUT2D eigenvalue weighted by molar-refractivity contribution is -0.137. The first-order chi connectivity index (χ1) is 22.5. The second-order valence-electron chi connectivity index (χ2n) is 12.2. The van der Waals surface area contributed by atoms with Gasteiger partial charge in [-0.15, -0.1) is 0 Å². The van der Waals surface area contributed by atoms with E-state index in [1.54, 1.807) is 34.9 Å². The molecule has 4 aliphatic rings. The monoisotopic (exact) mass is 689 g/mol. The Morgan fingerprint density at radius 1 is 1.04 bits per heavy atom. The van der Waals surface area contributed by atoms with E-state index in [2.05, 4.69) is 5.32 Å². The van der Waals surface area contributed by atoms with Gasteiger partial charge in [-0.25, -0.2) is 4.79 Å². The molecule has 2 aliphatic carbocycles. The number of carbonyl (C=O) groups is 2. The molecule has 0 spiro atoms. The number of urea groups is 1. The van der Waals surface area contributed by atoms with Crippen LogP contribution < -0.4 is 10.1 Å². The fraction of sp³-hybridized carbons (Fsp3) is 0.441. The summed E-state index contributed by atoms with van der Waals surface area (Å²) in [4.78, 5) is 37.5. The summed E-state index contributed by atoms with van der Waals surface area (Å²) in [6.07, 6.45) is 3.66. The molecule has 0 radical (unpaired) electrons. The van der Waals surface area contributed by atoms with Gasteiger partial charge in [0.2, 0.25) is 5.91 Å². The van der Waals surface area contributed by atoms with Crippen molar-refractivity contribution in [3.63, 3.8) is 0 Å². The van der Waals surface area contributed by atoms with Gasteiger partial charge >= 0.3 is 12.2 Å². The number of ether oxygens (including phenoxy) is 1. The molecule has 250 valence electrons. The van der Waals surface area contributed by atoms with Crippen molar-refractivity contribution in [3.05, 3.63) is 87.4 Å². The van der Waals surface area contributed by atoms with Crippen LogP contribution in [0.2, 0.25) is 5.02 Å². The van der Waals surface area contributed by atoms with E-state index in [1.165, 1.54) is 6.07 Å². The summed E-state index contributed by atoms with van der Waals surface area (Å²) in [6.45, 7) is 3.80. The lowest BCUT2D eigenvalue weighted by atomic mass is 9.85. The van der Waals surface area contributed by atoms with Crippen LogP contribution in [0.4, 0.5) is 18.0 Å². The number of halogens is 5. The number of benzene rings is 2. The minimum Gasteiger partial charge on any atom is -0.493 e. The Balaban J connectivity index is 1.37.